The van der Waals surface area contributed by atoms with E-state index in [-0.39, 0.29) is 17.3 Å². The number of halogens is 1. The molecule has 0 saturated carbocycles. The third-order valence-corrected chi connectivity index (χ3v) is 2.86. The Labute approximate surface area is 115 Å². The number of anilines is 2. The zero-order chi connectivity index (χ0) is 14.7. The minimum atomic E-state index is -0.694. The SMILES string of the molecule is CCNc1nccc(C(=O)Nc2onc(C)c2C)c1F. The number of hydrogen-bond donors (Lipinski definition) is 2. The molecular weight excluding hydrogens is 263 g/mol. The third-order valence-electron chi connectivity index (χ3n) is 2.86. The van der Waals surface area contributed by atoms with E-state index in [2.05, 4.69) is 20.8 Å². The van der Waals surface area contributed by atoms with E-state index < -0.39 is 11.7 Å². The van der Waals surface area contributed by atoms with E-state index >= 15 is 0 Å². The number of aromatic nitrogens is 2. The molecule has 2 heterocycles. The highest BCUT2D eigenvalue weighted by molar-refractivity contribution is 6.04. The fourth-order valence-corrected chi connectivity index (χ4v) is 1.61. The van der Waals surface area contributed by atoms with Gasteiger partial charge in [0, 0.05) is 18.3 Å². The number of nitrogens with zero attached hydrogens (tertiary/aromatic N) is 2. The molecule has 7 heteroatoms. The van der Waals surface area contributed by atoms with Gasteiger partial charge < -0.3 is 9.84 Å². The van der Waals surface area contributed by atoms with Crippen LogP contribution in [0.4, 0.5) is 16.1 Å². The smallest absolute Gasteiger partial charge is 0.261 e. The van der Waals surface area contributed by atoms with E-state index in [1.807, 2.05) is 6.92 Å². The van der Waals surface area contributed by atoms with Crippen LogP contribution in [-0.2, 0) is 0 Å². The van der Waals surface area contributed by atoms with Crippen LogP contribution in [0.3, 0.4) is 0 Å². The molecule has 2 rings (SSSR count). The quantitative estimate of drug-likeness (QED) is 0.898. The first-order valence-electron chi connectivity index (χ1n) is 6.17. The predicted molar refractivity (Wildman–Crippen MR) is 72.3 cm³/mol. The first-order chi connectivity index (χ1) is 9.54. The Balaban J connectivity index is 2.25. The molecule has 0 radical (unpaired) electrons. The lowest BCUT2D eigenvalue weighted by Gasteiger charge is -2.07. The molecular formula is C13H15FN4O2. The van der Waals surface area contributed by atoms with Crippen LogP contribution < -0.4 is 10.6 Å². The summed E-state index contributed by atoms with van der Waals surface area (Å²) in [6, 6.07) is 1.31. The number of amides is 1. The summed E-state index contributed by atoms with van der Waals surface area (Å²) in [7, 11) is 0. The zero-order valence-corrected chi connectivity index (χ0v) is 11.5. The van der Waals surface area contributed by atoms with Crippen molar-refractivity contribution in [3.63, 3.8) is 0 Å². The molecule has 0 aliphatic heterocycles. The van der Waals surface area contributed by atoms with Crippen LogP contribution in [0.5, 0.6) is 0 Å². The molecule has 0 saturated heterocycles. The summed E-state index contributed by atoms with van der Waals surface area (Å²) in [4.78, 5) is 15.9. The molecule has 0 atom stereocenters. The van der Waals surface area contributed by atoms with Crippen LogP contribution in [0.15, 0.2) is 16.8 Å². The van der Waals surface area contributed by atoms with Gasteiger partial charge in [0.2, 0.25) is 5.88 Å². The second-order valence-corrected chi connectivity index (χ2v) is 4.23. The number of rotatable bonds is 4. The number of hydrogen-bond acceptors (Lipinski definition) is 5. The van der Waals surface area contributed by atoms with Crippen molar-refractivity contribution in [2.75, 3.05) is 17.2 Å². The van der Waals surface area contributed by atoms with Gasteiger partial charge in [-0.05, 0) is 26.8 Å². The normalized spacial score (nSPS) is 10.4. The van der Waals surface area contributed by atoms with E-state index in [9.17, 15) is 9.18 Å². The van der Waals surface area contributed by atoms with Crippen LogP contribution in [0.25, 0.3) is 0 Å². The highest BCUT2D eigenvalue weighted by Gasteiger charge is 2.18. The van der Waals surface area contributed by atoms with Crippen molar-refractivity contribution >= 4 is 17.6 Å². The second-order valence-electron chi connectivity index (χ2n) is 4.23. The highest BCUT2D eigenvalue weighted by Crippen LogP contribution is 2.20. The first-order valence-corrected chi connectivity index (χ1v) is 6.17. The lowest BCUT2D eigenvalue weighted by molar-refractivity contribution is 0.102. The van der Waals surface area contributed by atoms with Gasteiger partial charge in [0.15, 0.2) is 11.6 Å². The van der Waals surface area contributed by atoms with Crippen molar-refractivity contribution in [3.8, 4) is 0 Å². The number of pyridine rings is 1. The number of carbonyl (C=O) groups is 1. The summed E-state index contributed by atoms with van der Waals surface area (Å²) in [5.41, 5.74) is 1.27. The molecule has 0 aliphatic rings. The molecule has 0 bridgehead atoms. The lowest BCUT2D eigenvalue weighted by atomic mass is 10.2. The van der Waals surface area contributed by atoms with Gasteiger partial charge in [-0.25, -0.2) is 9.37 Å². The average molecular weight is 278 g/mol. The average Bonchev–Trinajstić information content (AvgIpc) is 2.73. The monoisotopic (exact) mass is 278 g/mol. The maximum Gasteiger partial charge on any atom is 0.261 e. The van der Waals surface area contributed by atoms with Crippen molar-refractivity contribution in [2.45, 2.75) is 20.8 Å². The Hall–Kier alpha value is -2.44. The maximum atomic E-state index is 14.1. The Morgan fingerprint density at radius 1 is 1.45 bits per heavy atom. The Morgan fingerprint density at radius 3 is 2.80 bits per heavy atom. The standard InChI is InChI=1S/C13H15FN4O2/c1-4-15-11-10(14)9(5-6-16-11)12(19)17-13-7(2)8(3)18-20-13/h5-6H,4H2,1-3H3,(H,15,16)(H,17,19). The van der Waals surface area contributed by atoms with Gasteiger partial charge in [0.25, 0.3) is 5.91 Å². The largest absolute Gasteiger partial charge is 0.368 e. The molecule has 2 aromatic rings. The predicted octanol–water partition coefficient (Wildman–Crippen LogP) is 2.51. The van der Waals surface area contributed by atoms with E-state index in [1.54, 1.807) is 13.8 Å². The molecule has 0 aromatic carbocycles. The van der Waals surface area contributed by atoms with Crippen LogP contribution in [0.1, 0.15) is 28.5 Å². The molecule has 106 valence electrons. The topological polar surface area (TPSA) is 80.0 Å². The molecule has 2 aromatic heterocycles. The Morgan fingerprint density at radius 2 is 2.20 bits per heavy atom. The lowest BCUT2D eigenvalue weighted by Crippen LogP contribution is -2.16. The second kappa shape index (κ2) is 5.68. The first kappa shape index (κ1) is 14.0. The molecule has 20 heavy (non-hydrogen) atoms. The molecule has 0 unspecified atom stereocenters. The summed E-state index contributed by atoms with van der Waals surface area (Å²) >= 11 is 0. The van der Waals surface area contributed by atoms with Crippen molar-refractivity contribution < 1.29 is 13.7 Å². The summed E-state index contributed by atoms with van der Waals surface area (Å²) < 4.78 is 19.1. The summed E-state index contributed by atoms with van der Waals surface area (Å²) in [6.07, 6.45) is 1.37. The fraction of sp³-hybridized carbons (Fsp3) is 0.308. The van der Waals surface area contributed by atoms with Gasteiger partial charge in [-0.1, -0.05) is 5.16 Å². The van der Waals surface area contributed by atoms with Crippen LogP contribution in [0.2, 0.25) is 0 Å². The zero-order valence-electron chi connectivity index (χ0n) is 11.5. The van der Waals surface area contributed by atoms with E-state index in [0.29, 0.717) is 17.8 Å². The van der Waals surface area contributed by atoms with Crippen molar-refractivity contribution in [1.29, 1.82) is 0 Å². The van der Waals surface area contributed by atoms with E-state index in [4.69, 9.17) is 4.52 Å². The minimum Gasteiger partial charge on any atom is -0.368 e. The number of carbonyl (C=O) groups excluding carboxylic acids is 1. The third kappa shape index (κ3) is 2.61. The Kier molecular flexibility index (Phi) is 3.97. The van der Waals surface area contributed by atoms with Crippen molar-refractivity contribution in [2.24, 2.45) is 0 Å². The van der Waals surface area contributed by atoms with Gasteiger partial charge in [0.1, 0.15) is 0 Å². The highest BCUT2D eigenvalue weighted by atomic mass is 19.1. The fourth-order valence-electron chi connectivity index (χ4n) is 1.61. The summed E-state index contributed by atoms with van der Waals surface area (Å²) in [5, 5.41) is 8.97. The number of aryl methyl sites for hydroxylation is 1. The van der Waals surface area contributed by atoms with Gasteiger partial charge >= 0.3 is 0 Å². The molecule has 1 amide bonds. The molecule has 6 nitrogen and oxygen atoms in total. The van der Waals surface area contributed by atoms with Crippen molar-refractivity contribution in [3.05, 3.63) is 34.9 Å². The Bertz CT molecular complexity index is 639. The molecule has 0 fully saturated rings. The summed E-state index contributed by atoms with van der Waals surface area (Å²) in [6.45, 7) is 5.84. The summed E-state index contributed by atoms with van der Waals surface area (Å²) in [5.74, 6) is -1.04. The molecule has 2 N–H and O–H groups in total. The van der Waals surface area contributed by atoms with Gasteiger partial charge in [-0.3, -0.25) is 10.1 Å². The van der Waals surface area contributed by atoms with Crippen LogP contribution >= 0.6 is 0 Å². The maximum absolute atomic E-state index is 14.1. The molecule has 0 aliphatic carbocycles. The van der Waals surface area contributed by atoms with E-state index in [1.165, 1.54) is 12.3 Å². The number of nitrogens with one attached hydrogen (secondary N) is 2. The van der Waals surface area contributed by atoms with Crippen molar-refractivity contribution in [1.82, 2.24) is 10.1 Å². The molecule has 0 spiro atoms. The van der Waals surface area contributed by atoms with Gasteiger partial charge in [0.05, 0.1) is 11.3 Å². The minimum absolute atomic E-state index is 0.0469. The van der Waals surface area contributed by atoms with Crippen LogP contribution in [-0.4, -0.2) is 22.6 Å². The van der Waals surface area contributed by atoms with E-state index in [0.717, 1.165) is 0 Å². The van der Waals surface area contributed by atoms with Crippen LogP contribution in [0, 0.1) is 19.7 Å². The van der Waals surface area contributed by atoms with Gasteiger partial charge in [-0.2, -0.15) is 0 Å². The van der Waals surface area contributed by atoms with Gasteiger partial charge in [-0.15, -0.1) is 0 Å².